The number of hydroxylamine groups is 1. The molecule has 1 aliphatic rings. The summed E-state index contributed by atoms with van der Waals surface area (Å²) in [6.45, 7) is 1.48. The molecular weight excluding hydrogens is 138 g/mol. The van der Waals surface area contributed by atoms with Gasteiger partial charge in [-0.3, -0.25) is 5.21 Å². The van der Waals surface area contributed by atoms with Crippen LogP contribution in [0.5, 0.6) is 0 Å². The number of rotatable bonds is 0. The standard InChI is InChI=1S/C4H7N3O3/c1-2-3(8)4(9)7(10)6-5-2/h6,8-10H,1H3. The van der Waals surface area contributed by atoms with Gasteiger partial charge in [0.2, 0.25) is 5.76 Å². The zero-order chi connectivity index (χ0) is 7.72. The predicted octanol–water partition coefficient (Wildman–Crippen LogP) is -0.143. The highest BCUT2D eigenvalue weighted by Gasteiger charge is 2.17. The van der Waals surface area contributed by atoms with Gasteiger partial charge in [0.15, 0.2) is 0 Å². The van der Waals surface area contributed by atoms with Gasteiger partial charge in [0.05, 0.1) is 0 Å². The lowest BCUT2D eigenvalue weighted by atomic mass is 10.3. The van der Waals surface area contributed by atoms with Crippen LogP contribution in [-0.2, 0) is 0 Å². The molecule has 0 fully saturated rings. The molecule has 1 heterocycles. The number of hydrogen-bond donors (Lipinski definition) is 4. The summed E-state index contributed by atoms with van der Waals surface area (Å²) < 4.78 is 0. The van der Waals surface area contributed by atoms with Gasteiger partial charge in [0.1, 0.15) is 5.71 Å². The molecule has 0 bridgehead atoms. The largest absolute Gasteiger partial charge is 0.502 e. The normalized spacial score (nSPS) is 18.6. The van der Waals surface area contributed by atoms with Gasteiger partial charge in [-0.2, -0.15) is 10.6 Å². The molecule has 0 spiro atoms. The van der Waals surface area contributed by atoms with Crippen molar-refractivity contribution in [2.75, 3.05) is 0 Å². The van der Waals surface area contributed by atoms with E-state index in [2.05, 4.69) is 5.10 Å². The Labute approximate surface area is 56.6 Å². The Balaban J connectivity index is 2.94. The summed E-state index contributed by atoms with van der Waals surface area (Å²) in [4.78, 5) is 0. The van der Waals surface area contributed by atoms with Crippen molar-refractivity contribution in [2.45, 2.75) is 6.92 Å². The molecule has 0 saturated carbocycles. The third-order valence-electron chi connectivity index (χ3n) is 1.07. The highest BCUT2D eigenvalue weighted by molar-refractivity contribution is 5.96. The molecule has 4 N–H and O–H groups in total. The van der Waals surface area contributed by atoms with Crippen LogP contribution in [0.2, 0.25) is 0 Å². The van der Waals surface area contributed by atoms with E-state index in [1.807, 2.05) is 5.53 Å². The summed E-state index contributed by atoms with van der Waals surface area (Å²) in [7, 11) is 0. The number of allylic oxidation sites excluding steroid dienone is 1. The van der Waals surface area contributed by atoms with E-state index in [9.17, 15) is 0 Å². The van der Waals surface area contributed by atoms with E-state index >= 15 is 0 Å². The van der Waals surface area contributed by atoms with E-state index in [1.54, 1.807) is 0 Å². The average Bonchev–Trinajstić information content (AvgIpc) is 1.93. The second-order valence-electron chi connectivity index (χ2n) is 1.78. The monoisotopic (exact) mass is 145 g/mol. The van der Waals surface area contributed by atoms with Gasteiger partial charge < -0.3 is 10.2 Å². The third-order valence-corrected chi connectivity index (χ3v) is 1.07. The van der Waals surface area contributed by atoms with Crippen molar-refractivity contribution in [3.63, 3.8) is 0 Å². The minimum Gasteiger partial charge on any atom is -0.502 e. The molecule has 0 radical (unpaired) electrons. The molecule has 10 heavy (non-hydrogen) atoms. The average molecular weight is 145 g/mol. The Kier molecular flexibility index (Phi) is 1.38. The van der Waals surface area contributed by atoms with Crippen LogP contribution in [0.3, 0.4) is 0 Å². The van der Waals surface area contributed by atoms with Gasteiger partial charge in [0, 0.05) is 0 Å². The fraction of sp³-hybridized carbons (Fsp3) is 0.250. The van der Waals surface area contributed by atoms with Gasteiger partial charge in [-0.25, -0.2) is 0 Å². The van der Waals surface area contributed by atoms with Crippen LogP contribution in [0, 0.1) is 0 Å². The van der Waals surface area contributed by atoms with Gasteiger partial charge in [-0.1, -0.05) is 0 Å². The van der Waals surface area contributed by atoms with Gasteiger partial charge in [0.25, 0.3) is 5.88 Å². The molecule has 0 aromatic rings. The zero-order valence-electron chi connectivity index (χ0n) is 5.24. The van der Waals surface area contributed by atoms with Crippen LogP contribution in [0.1, 0.15) is 6.92 Å². The van der Waals surface area contributed by atoms with Crippen molar-refractivity contribution in [2.24, 2.45) is 5.10 Å². The molecular formula is C4H7N3O3. The second kappa shape index (κ2) is 2.07. The van der Waals surface area contributed by atoms with Crippen LogP contribution in [-0.4, -0.2) is 26.3 Å². The summed E-state index contributed by atoms with van der Waals surface area (Å²) in [5.74, 6) is -1.10. The van der Waals surface area contributed by atoms with E-state index in [1.165, 1.54) is 6.92 Å². The predicted molar refractivity (Wildman–Crippen MR) is 32.2 cm³/mol. The zero-order valence-corrected chi connectivity index (χ0v) is 5.24. The van der Waals surface area contributed by atoms with E-state index in [4.69, 9.17) is 15.4 Å². The van der Waals surface area contributed by atoms with E-state index in [0.29, 0.717) is 0 Å². The Hall–Kier alpha value is -1.43. The molecule has 0 aromatic heterocycles. The van der Waals surface area contributed by atoms with E-state index < -0.39 is 11.6 Å². The first kappa shape index (κ1) is 6.69. The Bertz CT molecular complexity index is 210. The van der Waals surface area contributed by atoms with E-state index in [-0.39, 0.29) is 10.9 Å². The Morgan fingerprint density at radius 3 is 2.60 bits per heavy atom. The summed E-state index contributed by atoms with van der Waals surface area (Å²) in [6, 6.07) is 0. The third kappa shape index (κ3) is 0.841. The summed E-state index contributed by atoms with van der Waals surface area (Å²) in [5, 5.41) is 29.9. The quantitative estimate of drug-likeness (QED) is 0.381. The van der Waals surface area contributed by atoms with Crippen LogP contribution in [0.25, 0.3) is 0 Å². The fourth-order valence-electron chi connectivity index (χ4n) is 0.485. The molecule has 0 atom stereocenters. The lowest BCUT2D eigenvalue weighted by Crippen LogP contribution is -2.36. The molecule has 0 aromatic carbocycles. The van der Waals surface area contributed by atoms with Crippen LogP contribution in [0.15, 0.2) is 16.7 Å². The number of aliphatic hydroxyl groups is 2. The number of hydrazone groups is 1. The molecule has 1 aliphatic heterocycles. The maximum atomic E-state index is 8.87. The van der Waals surface area contributed by atoms with Crippen molar-refractivity contribution < 1.29 is 15.4 Å². The van der Waals surface area contributed by atoms with Crippen molar-refractivity contribution in [1.82, 2.24) is 10.7 Å². The lowest BCUT2D eigenvalue weighted by Gasteiger charge is -2.19. The molecule has 56 valence electrons. The van der Waals surface area contributed by atoms with Gasteiger partial charge in [-0.15, -0.1) is 5.17 Å². The minimum absolute atomic E-state index is 0.211. The number of nitrogens with zero attached hydrogens (tertiary/aromatic N) is 2. The SMILES string of the molecule is CC1=NNN(O)C(O)=C1O. The molecule has 6 heteroatoms. The summed E-state index contributed by atoms with van der Waals surface area (Å²) in [5.41, 5.74) is 2.23. The van der Waals surface area contributed by atoms with Crippen molar-refractivity contribution in [3.05, 3.63) is 11.6 Å². The van der Waals surface area contributed by atoms with Crippen LogP contribution >= 0.6 is 0 Å². The first-order valence-corrected chi connectivity index (χ1v) is 2.54. The van der Waals surface area contributed by atoms with Gasteiger partial charge in [-0.05, 0) is 6.92 Å². The molecule has 6 nitrogen and oxygen atoms in total. The maximum absolute atomic E-state index is 8.87. The Morgan fingerprint density at radius 2 is 2.10 bits per heavy atom. The topological polar surface area (TPSA) is 88.3 Å². The lowest BCUT2D eigenvalue weighted by molar-refractivity contribution is -0.142. The number of aliphatic hydroxyl groups excluding tert-OH is 2. The smallest absolute Gasteiger partial charge is 0.278 e. The number of hydrazine groups is 1. The minimum atomic E-state index is -0.660. The van der Waals surface area contributed by atoms with Crippen LogP contribution in [0.4, 0.5) is 0 Å². The maximum Gasteiger partial charge on any atom is 0.278 e. The number of hydrogen-bond acceptors (Lipinski definition) is 6. The highest BCUT2D eigenvalue weighted by Crippen LogP contribution is 2.06. The van der Waals surface area contributed by atoms with Crippen molar-refractivity contribution in [1.29, 1.82) is 0 Å². The van der Waals surface area contributed by atoms with Crippen molar-refractivity contribution >= 4 is 5.71 Å². The first-order chi connectivity index (χ1) is 4.63. The molecule has 0 aliphatic carbocycles. The molecule has 1 rings (SSSR count). The van der Waals surface area contributed by atoms with Crippen LogP contribution < -0.4 is 5.53 Å². The summed E-state index contributed by atoms with van der Waals surface area (Å²) in [6.07, 6.45) is 0. The number of nitrogens with one attached hydrogen (secondary N) is 1. The second-order valence-corrected chi connectivity index (χ2v) is 1.78. The Morgan fingerprint density at radius 1 is 1.50 bits per heavy atom. The highest BCUT2D eigenvalue weighted by atomic mass is 16.6. The van der Waals surface area contributed by atoms with E-state index in [0.717, 1.165) is 0 Å². The fourth-order valence-corrected chi connectivity index (χ4v) is 0.485. The van der Waals surface area contributed by atoms with Crippen molar-refractivity contribution in [3.8, 4) is 0 Å². The first-order valence-electron chi connectivity index (χ1n) is 2.54. The summed E-state index contributed by atoms with van der Waals surface area (Å²) >= 11 is 0. The van der Waals surface area contributed by atoms with Gasteiger partial charge >= 0.3 is 0 Å². The molecule has 0 amide bonds. The molecule has 0 unspecified atom stereocenters. The molecule has 0 saturated heterocycles.